The number of methoxy groups -OCH3 is 1. The summed E-state index contributed by atoms with van der Waals surface area (Å²) in [5, 5.41) is 13.0. The summed E-state index contributed by atoms with van der Waals surface area (Å²) in [5.41, 5.74) is 0.593. The summed E-state index contributed by atoms with van der Waals surface area (Å²) in [6.45, 7) is 5.63. The Hall–Kier alpha value is -2.26. The van der Waals surface area contributed by atoms with Crippen LogP contribution in [-0.2, 0) is 19.1 Å². The normalized spacial score (nSPS) is 33.1. The van der Waals surface area contributed by atoms with E-state index >= 15 is 0 Å². The zero-order chi connectivity index (χ0) is 24.0. The molecule has 3 aliphatic heterocycles. The van der Waals surface area contributed by atoms with E-state index in [1.54, 1.807) is 55.0 Å². The third kappa shape index (κ3) is 3.60. The zero-order valence-corrected chi connectivity index (χ0v) is 20.3. The highest BCUT2D eigenvalue weighted by molar-refractivity contribution is 8.02. The third-order valence-electron chi connectivity index (χ3n) is 7.44. The monoisotopic (exact) mass is 476 g/mol. The summed E-state index contributed by atoms with van der Waals surface area (Å²) in [4.78, 5) is 42.1. The topological polar surface area (TPSA) is 105 Å². The van der Waals surface area contributed by atoms with E-state index in [1.165, 1.54) is 0 Å². The largest absolute Gasteiger partial charge is 0.497 e. The maximum Gasteiger partial charge on any atom is 0.311 e. The third-order valence-corrected chi connectivity index (χ3v) is 9.42. The molecular weight excluding hydrogens is 444 g/mol. The predicted octanol–water partition coefficient (Wildman–Crippen LogP) is 2.45. The van der Waals surface area contributed by atoms with Gasteiger partial charge in [0.05, 0.1) is 42.9 Å². The molecule has 2 bridgehead atoms. The van der Waals surface area contributed by atoms with E-state index in [-0.39, 0.29) is 31.0 Å². The molecule has 4 rings (SSSR count). The van der Waals surface area contributed by atoms with Gasteiger partial charge in [0.25, 0.3) is 0 Å². The molecule has 3 aliphatic rings. The minimum absolute atomic E-state index is 0.236. The van der Waals surface area contributed by atoms with Gasteiger partial charge in [0.2, 0.25) is 11.8 Å². The number of carbonyl (C=O) groups is 3. The highest BCUT2D eigenvalue weighted by Crippen LogP contribution is 2.71. The van der Waals surface area contributed by atoms with Gasteiger partial charge in [0.15, 0.2) is 0 Å². The standard InChI is InChI=1S/C24H32N2O6S/c1-5-15(13-27)26-19(20(28)25-14-7-9-16(31-4)10-8-14)24-12-11-23(3,33-24)18(17(24)21(26)29)22(30)32-6-2/h7-10,15,17-19,27H,5-6,11-13H2,1-4H3,(H,25,28)/t15-,17-,18-,19?,23+,24?/m0/s1. The molecule has 3 fully saturated rings. The van der Waals surface area contributed by atoms with Crippen LogP contribution in [0.5, 0.6) is 5.75 Å². The van der Waals surface area contributed by atoms with Gasteiger partial charge in [-0.2, -0.15) is 0 Å². The van der Waals surface area contributed by atoms with Gasteiger partial charge in [-0.25, -0.2) is 0 Å². The Morgan fingerprint density at radius 3 is 2.55 bits per heavy atom. The molecule has 180 valence electrons. The molecule has 2 amide bonds. The van der Waals surface area contributed by atoms with Crippen molar-refractivity contribution in [1.29, 1.82) is 0 Å². The van der Waals surface area contributed by atoms with Crippen molar-refractivity contribution in [3.8, 4) is 5.75 Å². The van der Waals surface area contributed by atoms with Gasteiger partial charge >= 0.3 is 5.97 Å². The molecule has 0 aromatic heterocycles. The Morgan fingerprint density at radius 1 is 1.27 bits per heavy atom. The molecule has 0 radical (unpaired) electrons. The van der Waals surface area contributed by atoms with Gasteiger partial charge in [-0.1, -0.05) is 6.92 Å². The highest BCUT2D eigenvalue weighted by atomic mass is 32.2. The summed E-state index contributed by atoms with van der Waals surface area (Å²) >= 11 is 1.59. The second kappa shape index (κ2) is 8.83. The molecule has 2 unspecified atom stereocenters. The number of likely N-dealkylation sites (tertiary alicyclic amines) is 1. The number of ether oxygens (including phenoxy) is 2. The molecule has 1 aromatic carbocycles. The van der Waals surface area contributed by atoms with E-state index in [0.717, 1.165) is 6.42 Å². The molecule has 3 heterocycles. The van der Waals surface area contributed by atoms with Crippen molar-refractivity contribution in [2.75, 3.05) is 25.6 Å². The number of carbonyl (C=O) groups excluding carboxylic acids is 3. The van der Waals surface area contributed by atoms with Gasteiger partial charge in [-0.15, -0.1) is 11.8 Å². The van der Waals surface area contributed by atoms with E-state index in [2.05, 4.69) is 5.32 Å². The zero-order valence-electron chi connectivity index (χ0n) is 19.5. The quantitative estimate of drug-likeness (QED) is 0.555. The van der Waals surface area contributed by atoms with Crippen LogP contribution in [0.15, 0.2) is 24.3 Å². The number of aliphatic hydroxyl groups is 1. The Labute approximate surface area is 198 Å². The average molecular weight is 477 g/mol. The van der Waals surface area contributed by atoms with Crippen LogP contribution in [0.3, 0.4) is 0 Å². The molecular formula is C24H32N2O6S. The number of hydrogen-bond donors (Lipinski definition) is 2. The van der Waals surface area contributed by atoms with Gasteiger partial charge in [0.1, 0.15) is 11.8 Å². The van der Waals surface area contributed by atoms with Gasteiger partial charge < -0.3 is 24.8 Å². The molecule has 1 aromatic rings. The molecule has 33 heavy (non-hydrogen) atoms. The lowest BCUT2D eigenvalue weighted by Gasteiger charge is -2.36. The fraction of sp³-hybridized carbons (Fsp3) is 0.625. The second-order valence-corrected chi connectivity index (χ2v) is 11.1. The Balaban J connectivity index is 1.74. The summed E-state index contributed by atoms with van der Waals surface area (Å²) < 4.78 is 9.37. The molecule has 2 N–H and O–H groups in total. The number of thioether (sulfide) groups is 1. The van der Waals surface area contributed by atoms with Crippen molar-refractivity contribution in [2.24, 2.45) is 11.8 Å². The molecule has 3 saturated heterocycles. The lowest BCUT2D eigenvalue weighted by molar-refractivity contribution is -0.155. The molecule has 1 spiro atoms. The van der Waals surface area contributed by atoms with Crippen molar-refractivity contribution in [3.05, 3.63) is 24.3 Å². The van der Waals surface area contributed by atoms with Crippen LogP contribution in [-0.4, -0.2) is 69.7 Å². The first kappa shape index (κ1) is 23.9. The molecule has 0 aliphatic carbocycles. The summed E-state index contributed by atoms with van der Waals surface area (Å²) in [6.07, 6.45) is 1.88. The number of esters is 1. The van der Waals surface area contributed by atoms with Crippen LogP contribution in [0.1, 0.15) is 40.0 Å². The molecule has 6 atom stereocenters. The first-order valence-corrected chi connectivity index (χ1v) is 12.3. The Bertz CT molecular complexity index is 935. The number of anilines is 1. The number of rotatable bonds is 8. The van der Waals surface area contributed by atoms with Crippen molar-refractivity contribution in [2.45, 2.75) is 61.6 Å². The lowest BCUT2D eigenvalue weighted by Crippen LogP contribution is -2.54. The second-order valence-electron chi connectivity index (χ2n) is 9.19. The summed E-state index contributed by atoms with van der Waals surface area (Å²) in [5.74, 6) is -1.50. The number of fused-ring (bicyclic) bond motifs is 1. The number of aliphatic hydroxyl groups excluding tert-OH is 1. The van der Waals surface area contributed by atoms with Gasteiger partial charge in [-0.05, 0) is 57.4 Å². The van der Waals surface area contributed by atoms with Crippen molar-refractivity contribution in [3.63, 3.8) is 0 Å². The maximum atomic E-state index is 13.8. The average Bonchev–Trinajstić information content (AvgIpc) is 3.36. The smallest absolute Gasteiger partial charge is 0.311 e. The molecule has 9 heteroatoms. The van der Waals surface area contributed by atoms with Crippen molar-refractivity contribution >= 4 is 35.2 Å². The number of nitrogens with one attached hydrogen (secondary N) is 1. The summed E-state index contributed by atoms with van der Waals surface area (Å²) in [7, 11) is 1.57. The van der Waals surface area contributed by atoms with Crippen LogP contribution in [0.2, 0.25) is 0 Å². The van der Waals surface area contributed by atoms with Crippen LogP contribution in [0, 0.1) is 11.8 Å². The van der Waals surface area contributed by atoms with Crippen LogP contribution < -0.4 is 10.1 Å². The fourth-order valence-electron chi connectivity index (χ4n) is 5.94. The van der Waals surface area contributed by atoms with Crippen molar-refractivity contribution < 1.29 is 29.0 Å². The van der Waals surface area contributed by atoms with Crippen molar-refractivity contribution in [1.82, 2.24) is 4.90 Å². The number of benzene rings is 1. The minimum atomic E-state index is -0.791. The van der Waals surface area contributed by atoms with Crippen LogP contribution in [0.25, 0.3) is 0 Å². The van der Waals surface area contributed by atoms with E-state index in [4.69, 9.17) is 9.47 Å². The Morgan fingerprint density at radius 2 is 1.97 bits per heavy atom. The first-order valence-electron chi connectivity index (χ1n) is 11.5. The van der Waals surface area contributed by atoms with Crippen LogP contribution >= 0.6 is 11.8 Å². The molecule has 0 saturated carbocycles. The number of amides is 2. The highest BCUT2D eigenvalue weighted by Gasteiger charge is 2.77. The van der Waals surface area contributed by atoms with Gasteiger partial charge in [0, 0.05) is 10.4 Å². The van der Waals surface area contributed by atoms with E-state index < -0.39 is 33.4 Å². The van der Waals surface area contributed by atoms with E-state index in [9.17, 15) is 19.5 Å². The first-order chi connectivity index (χ1) is 15.8. The van der Waals surface area contributed by atoms with Gasteiger partial charge in [-0.3, -0.25) is 14.4 Å². The minimum Gasteiger partial charge on any atom is -0.497 e. The number of hydrogen-bond acceptors (Lipinski definition) is 7. The Kier molecular flexibility index (Phi) is 6.39. The summed E-state index contributed by atoms with van der Waals surface area (Å²) in [6, 6.07) is 5.71. The lowest BCUT2D eigenvalue weighted by atomic mass is 9.66. The fourth-order valence-corrected chi connectivity index (χ4v) is 8.28. The molecule has 8 nitrogen and oxygen atoms in total. The maximum absolute atomic E-state index is 13.8. The van der Waals surface area contributed by atoms with E-state index in [0.29, 0.717) is 24.3 Å². The van der Waals surface area contributed by atoms with Crippen LogP contribution in [0.4, 0.5) is 5.69 Å². The SMILES string of the molecule is CCOC(=O)[C@@H]1[C@H]2C(=O)N([C@@H](CC)CO)C(C(=O)Nc3ccc(OC)cc3)C23CC[C@@]1(C)S3. The number of nitrogens with zero attached hydrogens (tertiary/aromatic N) is 1. The predicted molar refractivity (Wildman–Crippen MR) is 125 cm³/mol. The van der Waals surface area contributed by atoms with E-state index in [1.807, 2.05) is 13.8 Å².